The van der Waals surface area contributed by atoms with Crippen LogP contribution in [-0.4, -0.2) is 16.2 Å². The highest BCUT2D eigenvalue weighted by Gasteiger charge is 2.25. The van der Waals surface area contributed by atoms with Gasteiger partial charge in [-0.3, -0.25) is 9.00 Å². The molecule has 0 saturated heterocycles. The van der Waals surface area contributed by atoms with Crippen molar-refractivity contribution in [1.29, 1.82) is 0 Å². The SMILES string of the molecule is O=C(NC1CC1)c1ccc(C[S@](=O)c2ccccc2Cl)o1. The largest absolute Gasteiger partial charge is 0.455 e. The maximum Gasteiger partial charge on any atom is 0.287 e. The minimum Gasteiger partial charge on any atom is -0.455 e. The molecule has 6 heteroatoms. The first-order valence-corrected chi connectivity index (χ1v) is 8.35. The molecular formula is C15H14ClNO3S. The Hall–Kier alpha value is -1.59. The molecule has 1 atom stereocenters. The Morgan fingerprint density at radius 2 is 2.05 bits per heavy atom. The number of hydrogen-bond acceptors (Lipinski definition) is 3. The van der Waals surface area contributed by atoms with E-state index in [1.54, 1.807) is 36.4 Å². The molecule has 1 aliphatic carbocycles. The van der Waals surface area contributed by atoms with E-state index in [2.05, 4.69) is 5.32 Å². The Morgan fingerprint density at radius 1 is 1.29 bits per heavy atom. The molecule has 1 saturated carbocycles. The average molecular weight is 324 g/mol. The third kappa shape index (κ3) is 3.54. The predicted molar refractivity (Wildman–Crippen MR) is 80.8 cm³/mol. The van der Waals surface area contributed by atoms with Gasteiger partial charge in [-0.2, -0.15) is 0 Å². The number of benzene rings is 1. The van der Waals surface area contributed by atoms with E-state index >= 15 is 0 Å². The molecule has 0 unspecified atom stereocenters. The molecule has 1 aliphatic rings. The van der Waals surface area contributed by atoms with Crippen molar-refractivity contribution < 1.29 is 13.4 Å². The van der Waals surface area contributed by atoms with Crippen molar-refractivity contribution in [2.75, 3.05) is 0 Å². The van der Waals surface area contributed by atoms with Gasteiger partial charge in [0.1, 0.15) is 5.76 Å². The molecule has 1 aromatic carbocycles. The van der Waals surface area contributed by atoms with Gasteiger partial charge >= 0.3 is 0 Å². The summed E-state index contributed by atoms with van der Waals surface area (Å²) in [5.74, 6) is 0.745. The van der Waals surface area contributed by atoms with Crippen molar-refractivity contribution in [3.05, 3.63) is 52.9 Å². The van der Waals surface area contributed by atoms with Crippen LogP contribution >= 0.6 is 11.6 Å². The summed E-state index contributed by atoms with van der Waals surface area (Å²) in [6, 6.07) is 10.6. The normalized spacial score (nSPS) is 15.7. The second kappa shape index (κ2) is 6.03. The van der Waals surface area contributed by atoms with Crippen LogP contribution in [-0.2, 0) is 16.6 Å². The van der Waals surface area contributed by atoms with Crippen LogP contribution in [0.2, 0.25) is 5.02 Å². The fourth-order valence-electron chi connectivity index (χ4n) is 1.90. The standard InChI is InChI=1S/C15H14ClNO3S/c16-12-3-1-2-4-14(12)21(19)9-11-7-8-13(20-11)15(18)17-10-5-6-10/h1-4,7-8,10H,5-6,9H2,(H,17,18)/t21-/m0/s1. The van der Waals surface area contributed by atoms with Crippen LogP contribution in [0.25, 0.3) is 0 Å². The van der Waals surface area contributed by atoms with E-state index in [1.807, 2.05) is 0 Å². The van der Waals surface area contributed by atoms with Gasteiger partial charge in [0.25, 0.3) is 5.91 Å². The molecule has 1 heterocycles. The Balaban J connectivity index is 1.68. The van der Waals surface area contributed by atoms with Crippen molar-refractivity contribution in [3.8, 4) is 0 Å². The third-order valence-electron chi connectivity index (χ3n) is 3.15. The van der Waals surface area contributed by atoms with E-state index in [9.17, 15) is 9.00 Å². The lowest BCUT2D eigenvalue weighted by Crippen LogP contribution is -2.24. The summed E-state index contributed by atoms with van der Waals surface area (Å²) in [5, 5.41) is 3.31. The molecule has 21 heavy (non-hydrogen) atoms. The van der Waals surface area contributed by atoms with Gasteiger partial charge in [0.05, 0.1) is 26.5 Å². The zero-order chi connectivity index (χ0) is 14.8. The van der Waals surface area contributed by atoms with Crippen LogP contribution in [0.1, 0.15) is 29.2 Å². The van der Waals surface area contributed by atoms with E-state index in [0.717, 1.165) is 12.8 Å². The highest BCUT2D eigenvalue weighted by molar-refractivity contribution is 7.84. The van der Waals surface area contributed by atoms with E-state index in [-0.39, 0.29) is 23.5 Å². The molecule has 1 amide bonds. The molecule has 1 aromatic heterocycles. The molecule has 3 rings (SSSR count). The highest BCUT2D eigenvalue weighted by atomic mass is 35.5. The maximum absolute atomic E-state index is 12.3. The monoisotopic (exact) mass is 323 g/mol. The number of amides is 1. The summed E-state index contributed by atoms with van der Waals surface area (Å²) < 4.78 is 17.7. The van der Waals surface area contributed by atoms with E-state index in [4.69, 9.17) is 16.0 Å². The van der Waals surface area contributed by atoms with E-state index in [1.165, 1.54) is 0 Å². The number of nitrogens with one attached hydrogen (secondary N) is 1. The molecule has 1 N–H and O–H groups in total. The zero-order valence-corrected chi connectivity index (χ0v) is 12.7. The van der Waals surface area contributed by atoms with Gasteiger partial charge in [-0.1, -0.05) is 23.7 Å². The number of furan rings is 1. The summed E-state index contributed by atoms with van der Waals surface area (Å²) in [7, 11) is -1.30. The minimum absolute atomic E-state index is 0.195. The van der Waals surface area contributed by atoms with Gasteiger partial charge < -0.3 is 9.73 Å². The van der Waals surface area contributed by atoms with Crippen LogP contribution in [0.4, 0.5) is 0 Å². The number of carbonyl (C=O) groups excluding carboxylic acids is 1. The Labute approximate surface area is 129 Å². The average Bonchev–Trinajstić information content (AvgIpc) is 3.15. The van der Waals surface area contributed by atoms with Gasteiger partial charge in [-0.05, 0) is 37.1 Å². The van der Waals surface area contributed by atoms with Crippen molar-refractivity contribution >= 4 is 28.3 Å². The summed E-state index contributed by atoms with van der Waals surface area (Å²) >= 11 is 6.02. The van der Waals surface area contributed by atoms with Crippen LogP contribution < -0.4 is 5.32 Å². The van der Waals surface area contributed by atoms with Gasteiger partial charge in [-0.15, -0.1) is 0 Å². The molecule has 0 spiro atoms. The summed E-state index contributed by atoms with van der Waals surface area (Å²) in [4.78, 5) is 12.4. The number of hydrogen-bond donors (Lipinski definition) is 1. The van der Waals surface area contributed by atoms with Gasteiger partial charge in [-0.25, -0.2) is 0 Å². The van der Waals surface area contributed by atoms with Crippen molar-refractivity contribution in [2.45, 2.75) is 29.5 Å². The lowest BCUT2D eigenvalue weighted by molar-refractivity contribution is 0.0922. The minimum atomic E-state index is -1.30. The summed E-state index contributed by atoms with van der Waals surface area (Å²) in [6.45, 7) is 0. The molecule has 1 fully saturated rings. The summed E-state index contributed by atoms with van der Waals surface area (Å²) in [5.41, 5.74) is 0. The van der Waals surface area contributed by atoms with E-state index < -0.39 is 10.8 Å². The molecule has 0 bridgehead atoms. The molecule has 0 aliphatic heterocycles. The first-order valence-electron chi connectivity index (χ1n) is 6.66. The lowest BCUT2D eigenvalue weighted by atomic mass is 10.4. The summed E-state index contributed by atoms with van der Waals surface area (Å²) in [6.07, 6.45) is 2.05. The highest BCUT2D eigenvalue weighted by Crippen LogP contribution is 2.23. The maximum atomic E-state index is 12.3. The molecular weight excluding hydrogens is 310 g/mol. The fourth-order valence-corrected chi connectivity index (χ4v) is 3.38. The van der Waals surface area contributed by atoms with E-state index in [0.29, 0.717) is 15.7 Å². The Morgan fingerprint density at radius 3 is 2.76 bits per heavy atom. The first-order chi connectivity index (χ1) is 10.1. The third-order valence-corrected chi connectivity index (χ3v) is 4.99. The van der Waals surface area contributed by atoms with Crippen LogP contribution in [0, 0.1) is 0 Å². The van der Waals surface area contributed by atoms with Crippen molar-refractivity contribution in [2.24, 2.45) is 0 Å². The topological polar surface area (TPSA) is 59.3 Å². The van der Waals surface area contributed by atoms with Crippen LogP contribution in [0.15, 0.2) is 45.7 Å². The zero-order valence-electron chi connectivity index (χ0n) is 11.2. The Kier molecular flexibility index (Phi) is 4.12. The van der Waals surface area contributed by atoms with Crippen LogP contribution in [0.3, 0.4) is 0 Å². The fraction of sp³-hybridized carbons (Fsp3) is 0.267. The quantitative estimate of drug-likeness (QED) is 0.919. The van der Waals surface area contributed by atoms with Gasteiger partial charge in [0.15, 0.2) is 5.76 Å². The second-order valence-electron chi connectivity index (χ2n) is 4.93. The molecule has 4 nitrogen and oxygen atoms in total. The number of rotatable bonds is 5. The molecule has 0 radical (unpaired) electrons. The number of carbonyl (C=O) groups is 1. The molecule has 110 valence electrons. The van der Waals surface area contributed by atoms with Crippen molar-refractivity contribution in [3.63, 3.8) is 0 Å². The Bertz CT molecular complexity index is 694. The van der Waals surface area contributed by atoms with Gasteiger partial charge in [0.2, 0.25) is 0 Å². The lowest BCUT2D eigenvalue weighted by Gasteiger charge is -2.03. The second-order valence-corrected chi connectivity index (χ2v) is 6.76. The smallest absolute Gasteiger partial charge is 0.287 e. The first kappa shape index (κ1) is 14.4. The van der Waals surface area contributed by atoms with Crippen molar-refractivity contribution in [1.82, 2.24) is 5.32 Å². The van der Waals surface area contributed by atoms with Crippen LogP contribution in [0.5, 0.6) is 0 Å². The predicted octanol–water partition coefficient (Wildman–Crippen LogP) is 3.13. The van der Waals surface area contributed by atoms with Gasteiger partial charge in [0, 0.05) is 6.04 Å². The number of halogens is 1. The molecule has 2 aromatic rings.